The van der Waals surface area contributed by atoms with Gasteiger partial charge in [0.25, 0.3) is 0 Å². The van der Waals surface area contributed by atoms with Crippen LogP contribution in [0.15, 0.2) is 42.5 Å². The Morgan fingerprint density at radius 2 is 1.73 bits per heavy atom. The van der Waals surface area contributed by atoms with E-state index < -0.39 is 0 Å². The van der Waals surface area contributed by atoms with E-state index in [1.165, 1.54) is 16.5 Å². The summed E-state index contributed by atoms with van der Waals surface area (Å²) in [5, 5.41) is 1.21. The van der Waals surface area contributed by atoms with Crippen LogP contribution in [0, 0.1) is 0 Å². The Hall–Kier alpha value is -2.42. The summed E-state index contributed by atoms with van der Waals surface area (Å²) in [6.07, 6.45) is 1.03. The molecular formula is C19H19N3. The monoisotopic (exact) mass is 289 g/mol. The fourth-order valence-electron chi connectivity index (χ4n) is 3.18. The summed E-state index contributed by atoms with van der Waals surface area (Å²) < 4.78 is 2.30. The second-order valence-corrected chi connectivity index (χ2v) is 6.05. The van der Waals surface area contributed by atoms with Crippen molar-refractivity contribution in [2.24, 2.45) is 0 Å². The van der Waals surface area contributed by atoms with Gasteiger partial charge in [0.2, 0.25) is 0 Å². The van der Waals surface area contributed by atoms with Gasteiger partial charge in [0.1, 0.15) is 5.52 Å². The van der Waals surface area contributed by atoms with Crippen LogP contribution in [0.25, 0.3) is 33.1 Å². The number of nitrogens with zero attached hydrogens (tertiary/aromatic N) is 3. The summed E-state index contributed by atoms with van der Waals surface area (Å²) in [5.74, 6) is 0. The maximum atomic E-state index is 4.90. The van der Waals surface area contributed by atoms with E-state index in [2.05, 4.69) is 43.5 Å². The first-order valence-corrected chi connectivity index (χ1v) is 7.88. The molecule has 0 saturated carbocycles. The Morgan fingerprint density at radius 3 is 2.41 bits per heavy atom. The van der Waals surface area contributed by atoms with Crippen molar-refractivity contribution >= 4 is 33.1 Å². The van der Waals surface area contributed by atoms with Crippen molar-refractivity contribution in [2.45, 2.75) is 33.2 Å². The smallest absolute Gasteiger partial charge is 0.160 e. The minimum atomic E-state index is 0.350. The zero-order valence-electron chi connectivity index (χ0n) is 13.2. The molecule has 0 N–H and O–H groups in total. The second-order valence-electron chi connectivity index (χ2n) is 6.05. The van der Waals surface area contributed by atoms with Gasteiger partial charge >= 0.3 is 0 Å². The first-order valence-electron chi connectivity index (χ1n) is 7.88. The van der Waals surface area contributed by atoms with Crippen LogP contribution < -0.4 is 0 Å². The molecule has 0 aliphatic carbocycles. The van der Waals surface area contributed by atoms with Gasteiger partial charge < -0.3 is 4.57 Å². The molecule has 0 amide bonds. The van der Waals surface area contributed by atoms with Crippen molar-refractivity contribution < 1.29 is 0 Å². The summed E-state index contributed by atoms with van der Waals surface area (Å²) in [6, 6.07) is 15.1. The number of hydrogen-bond donors (Lipinski definition) is 0. The Bertz CT molecular complexity index is 996. The topological polar surface area (TPSA) is 30.7 Å². The molecule has 3 nitrogen and oxygen atoms in total. The molecule has 2 aromatic heterocycles. The maximum Gasteiger partial charge on any atom is 0.160 e. The third-order valence-corrected chi connectivity index (χ3v) is 4.28. The highest BCUT2D eigenvalue weighted by atomic mass is 15.1. The van der Waals surface area contributed by atoms with Gasteiger partial charge in [0, 0.05) is 11.4 Å². The highest BCUT2D eigenvalue weighted by Crippen LogP contribution is 2.31. The highest BCUT2D eigenvalue weighted by molar-refractivity contribution is 6.06. The molecule has 4 aromatic rings. The average Bonchev–Trinajstić information content (AvgIpc) is 2.85. The molecule has 110 valence electrons. The van der Waals surface area contributed by atoms with E-state index in [-0.39, 0.29) is 0 Å². The zero-order valence-corrected chi connectivity index (χ0v) is 13.2. The molecule has 0 atom stereocenters. The third kappa shape index (κ3) is 1.82. The summed E-state index contributed by atoms with van der Waals surface area (Å²) in [4.78, 5) is 9.79. The lowest BCUT2D eigenvalue weighted by Crippen LogP contribution is -2.01. The standard InChI is InChI=1S/C19H19N3/c1-4-13-9-10-17-14(11-13)18-19(22(17)12(2)3)21-16-8-6-5-7-15(16)20-18/h5-12H,4H2,1-3H3. The van der Waals surface area contributed by atoms with Crippen LogP contribution in [-0.2, 0) is 6.42 Å². The molecule has 0 bridgehead atoms. The molecule has 0 spiro atoms. The van der Waals surface area contributed by atoms with Crippen molar-refractivity contribution in [1.82, 2.24) is 14.5 Å². The van der Waals surface area contributed by atoms with Crippen molar-refractivity contribution in [1.29, 1.82) is 0 Å². The molecule has 0 unspecified atom stereocenters. The zero-order chi connectivity index (χ0) is 15.3. The van der Waals surface area contributed by atoms with E-state index in [0.717, 1.165) is 28.6 Å². The number of para-hydroxylation sites is 2. The van der Waals surface area contributed by atoms with E-state index in [9.17, 15) is 0 Å². The maximum absolute atomic E-state index is 4.90. The lowest BCUT2D eigenvalue weighted by molar-refractivity contribution is 0.637. The highest BCUT2D eigenvalue weighted by Gasteiger charge is 2.16. The largest absolute Gasteiger partial charge is 0.321 e. The fraction of sp³-hybridized carbons (Fsp3) is 0.263. The van der Waals surface area contributed by atoms with Crippen molar-refractivity contribution in [2.75, 3.05) is 0 Å². The number of hydrogen-bond acceptors (Lipinski definition) is 2. The lowest BCUT2D eigenvalue weighted by Gasteiger charge is -2.10. The van der Waals surface area contributed by atoms with Crippen molar-refractivity contribution in [3.05, 3.63) is 48.0 Å². The minimum Gasteiger partial charge on any atom is -0.321 e. The molecule has 22 heavy (non-hydrogen) atoms. The summed E-state index contributed by atoms with van der Waals surface area (Å²) in [5.41, 5.74) is 6.47. The molecule has 0 fully saturated rings. The van der Waals surface area contributed by atoms with Crippen molar-refractivity contribution in [3.63, 3.8) is 0 Å². The Balaban J connectivity index is 2.23. The lowest BCUT2D eigenvalue weighted by atomic mass is 10.1. The van der Waals surface area contributed by atoms with E-state index in [1.807, 2.05) is 24.3 Å². The summed E-state index contributed by atoms with van der Waals surface area (Å²) >= 11 is 0. The minimum absolute atomic E-state index is 0.350. The molecule has 0 aliphatic rings. The molecule has 0 saturated heterocycles. The van der Waals surface area contributed by atoms with E-state index in [0.29, 0.717) is 6.04 Å². The third-order valence-electron chi connectivity index (χ3n) is 4.28. The van der Waals surface area contributed by atoms with Gasteiger partial charge in [-0.15, -0.1) is 0 Å². The molecule has 4 rings (SSSR count). The van der Waals surface area contributed by atoms with E-state index >= 15 is 0 Å². The van der Waals surface area contributed by atoms with E-state index in [1.54, 1.807) is 0 Å². The van der Waals surface area contributed by atoms with Crippen LogP contribution in [0.5, 0.6) is 0 Å². The summed E-state index contributed by atoms with van der Waals surface area (Å²) in [6.45, 7) is 6.58. The van der Waals surface area contributed by atoms with Crippen molar-refractivity contribution in [3.8, 4) is 0 Å². The predicted octanol–water partition coefficient (Wildman–Crippen LogP) is 4.88. The summed E-state index contributed by atoms with van der Waals surface area (Å²) in [7, 11) is 0. The number of aromatic nitrogens is 3. The van der Waals surface area contributed by atoms with Crippen LogP contribution in [-0.4, -0.2) is 14.5 Å². The van der Waals surface area contributed by atoms with Crippen LogP contribution >= 0.6 is 0 Å². The van der Waals surface area contributed by atoms with Crippen LogP contribution in [0.1, 0.15) is 32.4 Å². The SMILES string of the molecule is CCc1ccc2c(c1)c1nc3ccccc3nc1n2C(C)C. The normalized spacial score (nSPS) is 12.0. The van der Waals surface area contributed by atoms with Gasteiger partial charge in [-0.1, -0.05) is 25.1 Å². The number of aryl methyl sites for hydroxylation is 1. The van der Waals surface area contributed by atoms with Gasteiger partial charge in [-0.05, 0) is 50.1 Å². The second kappa shape index (κ2) is 4.80. The first kappa shape index (κ1) is 13.3. The van der Waals surface area contributed by atoms with Gasteiger partial charge in [-0.3, -0.25) is 0 Å². The van der Waals surface area contributed by atoms with Gasteiger partial charge in [0.05, 0.1) is 16.6 Å². The fourth-order valence-corrected chi connectivity index (χ4v) is 3.18. The van der Waals surface area contributed by atoms with Crippen LogP contribution in [0.2, 0.25) is 0 Å². The Kier molecular flexibility index (Phi) is 2.89. The average molecular weight is 289 g/mol. The van der Waals surface area contributed by atoms with Gasteiger partial charge in [-0.25, -0.2) is 9.97 Å². The molecule has 0 radical (unpaired) electrons. The van der Waals surface area contributed by atoms with E-state index in [4.69, 9.17) is 9.97 Å². The Labute approximate surface area is 129 Å². The Morgan fingerprint density at radius 1 is 1.00 bits per heavy atom. The van der Waals surface area contributed by atoms with Gasteiger partial charge in [-0.2, -0.15) is 0 Å². The molecular weight excluding hydrogens is 270 g/mol. The first-order chi connectivity index (χ1) is 10.7. The molecule has 3 heteroatoms. The van der Waals surface area contributed by atoms with Crippen LogP contribution in [0.3, 0.4) is 0 Å². The predicted molar refractivity (Wildman–Crippen MR) is 92.3 cm³/mol. The molecule has 2 aromatic carbocycles. The number of benzene rings is 2. The molecule has 0 aliphatic heterocycles. The number of rotatable bonds is 2. The molecule has 2 heterocycles. The van der Waals surface area contributed by atoms with Crippen LogP contribution in [0.4, 0.5) is 0 Å². The number of fused-ring (bicyclic) bond motifs is 4. The van der Waals surface area contributed by atoms with Gasteiger partial charge in [0.15, 0.2) is 5.65 Å². The quantitative estimate of drug-likeness (QED) is 0.526.